The predicted octanol–water partition coefficient (Wildman–Crippen LogP) is 10.7. The van der Waals surface area contributed by atoms with E-state index in [4.69, 9.17) is 0 Å². The van der Waals surface area contributed by atoms with Gasteiger partial charge in [-0.05, 0) is 68.3 Å². The van der Waals surface area contributed by atoms with E-state index in [1.54, 1.807) is 0 Å². The Morgan fingerprint density at radius 1 is 0.400 bits per heavy atom. The lowest BCUT2D eigenvalue weighted by molar-refractivity contribution is 0.660. The molecule has 7 rings (SSSR count). The third kappa shape index (κ3) is 4.03. The van der Waals surface area contributed by atoms with E-state index in [0.717, 1.165) is 11.4 Å². The van der Waals surface area contributed by atoms with E-state index in [1.165, 1.54) is 55.6 Å². The van der Waals surface area contributed by atoms with Gasteiger partial charge in [0.1, 0.15) is 0 Å². The summed E-state index contributed by atoms with van der Waals surface area (Å²) in [5.74, 6) is 0. The molecule has 6 aromatic carbocycles. The number of rotatable bonds is 5. The summed E-state index contributed by atoms with van der Waals surface area (Å²) >= 11 is 0. The topological polar surface area (TPSA) is 12.0 Å². The van der Waals surface area contributed by atoms with E-state index in [1.807, 2.05) is 0 Å². The molecule has 0 aliphatic heterocycles. The molecule has 192 valence electrons. The van der Waals surface area contributed by atoms with Gasteiger partial charge in [0, 0.05) is 22.4 Å². The van der Waals surface area contributed by atoms with Gasteiger partial charge in [0.05, 0.1) is 0 Å². The molecule has 1 aliphatic rings. The molecule has 0 aromatic heterocycles. The second-order valence-corrected chi connectivity index (χ2v) is 11.1. The number of hydrogen-bond donors (Lipinski definition) is 1. The van der Waals surface area contributed by atoms with Gasteiger partial charge in [-0.1, -0.05) is 141 Å². The van der Waals surface area contributed by atoms with Crippen LogP contribution in [0.3, 0.4) is 0 Å². The molecular weight excluding hydrogens is 482 g/mol. The van der Waals surface area contributed by atoms with Crippen molar-refractivity contribution in [3.8, 4) is 44.5 Å². The summed E-state index contributed by atoms with van der Waals surface area (Å²) in [6.45, 7) is 4.66. The quantitative estimate of drug-likeness (QED) is 0.242. The summed E-state index contributed by atoms with van der Waals surface area (Å²) in [6.07, 6.45) is 0. The number of fused-ring (bicyclic) bond motifs is 3. The third-order valence-corrected chi connectivity index (χ3v) is 8.31. The van der Waals surface area contributed by atoms with Crippen molar-refractivity contribution in [3.05, 3.63) is 157 Å². The maximum atomic E-state index is 3.79. The molecule has 0 heterocycles. The van der Waals surface area contributed by atoms with Crippen LogP contribution in [0.15, 0.2) is 146 Å². The van der Waals surface area contributed by atoms with Crippen molar-refractivity contribution in [1.82, 2.24) is 0 Å². The maximum Gasteiger partial charge on any atom is 0.0464 e. The van der Waals surface area contributed by atoms with Gasteiger partial charge >= 0.3 is 0 Å². The molecule has 0 bridgehead atoms. The zero-order valence-corrected chi connectivity index (χ0v) is 22.9. The van der Waals surface area contributed by atoms with Gasteiger partial charge < -0.3 is 5.32 Å². The van der Waals surface area contributed by atoms with Gasteiger partial charge in [-0.15, -0.1) is 0 Å². The van der Waals surface area contributed by atoms with Gasteiger partial charge in [-0.25, -0.2) is 0 Å². The molecule has 0 saturated carbocycles. The van der Waals surface area contributed by atoms with Crippen molar-refractivity contribution < 1.29 is 0 Å². The highest BCUT2D eigenvalue weighted by Crippen LogP contribution is 2.49. The summed E-state index contributed by atoms with van der Waals surface area (Å²) in [5, 5.41) is 3.79. The van der Waals surface area contributed by atoms with Crippen LogP contribution < -0.4 is 5.32 Å². The average Bonchev–Trinajstić information content (AvgIpc) is 3.24. The third-order valence-electron chi connectivity index (χ3n) is 8.31. The van der Waals surface area contributed by atoms with Crippen molar-refractivity contribution in [2.75, 3.05) is 5.32 Å². The van der Waals surface area contributed by atoms with Crippen molar-refractivity contribution in [2.24, 2.45) is 0 Å². The molecule has 0 radical (unpaired) electrons. The first-order chi connectivity index (χ1) is 19.6. The van der Waals surface area contributed by atoms with E-state index < -0.39 is 0 Å². The standard InChI is InChI=1S/C39H31N/c1-39(2)36-22-12-10-20-33(36)34-25-24-28(26-37(34)39)40-38-23-13-11-21-35(38)32-19-9-8-18-31(32)30-17-7-6-16-29(30)27-14-4-3-5-15-27/h3-26,40H,1-2H3. The Kier molecular flexibility index (Phi) is 5.86. The first kappa shape index (κ1) is 24.2. The molecule has 1 N–H and O–H groups in total. The molecule has 0 saturated heterocycles. The minimum absolute atomic E-state index is 0.0309. The van der Waals surface area contributed by atoms with Crippen molar-refractivity contribution >= 4 is 11.4 Å². The number of nitrogens with one attached hydrogen (secondary N) is 1. The highest BCUT2D eigenvalue weighted by Gasteiger charge is 2.35. The van der Waals surface area contributed by atoms with Gasteiger partial charge in [0.25, 0.3) is 0 Å². The highest BCUT2D eigenvalue weighted by atomic mass is 14.9. The first-order valence-electron chi connectivity index (χ1n) is 14.0. The largest absolute Gasteiger partial charge is 0.355 e. The van der Waals surface area contributed by atoms with Crippen LogP contribution in [0.5, 0.6) is 0 Å². The molecule has 0 atom stereocenters. The molecule has 6 aromatic rings. The van der Waals surface area contributed by atoms with Crippen molar-refractivity contribution in [3.63, 3.8) is 0 Å². The summed E-state index contributed by atoms with van der Waals surface area (Å²) < 4.78 is 0. The van der Waals surface area contributed by atoms with Gasteiger partial charge in [-0.2, -0.15) is 0 Å². The van der Waals surface area contributed by atoms with Crippen LogP contribution >= 0.6 is 0 Å². The Hall–Kier alpha value is -4.88. The van der Waals surface area contributed by atoms with Crippen LogP contribution in [0, 0.1) is 0 Å². The Bertz CT molecular complexity index is 1850. The molecule has 1 nitrogen and oxygen atoms in total. The zero-order chi connectivity index (χ0) is 27.1. The SMILES string of the molecule is CC1(C)c2ccccc2-c2ccc(Nc3ccccc3-c3ccccc3-c3ccccc3-c3ccccc3)cc21. The predicted molar refractivity (Wildman–Crippen MR) is 170 cm³/mol. The number of para-hydroxylation sites is 1. The fourth-order valence-electron chi connectivity index (χ4n) is 6.30. The van der Waals surface area contributed by atoms with Crippen LogP contribution in [0.1, 0.15) is 25.0 Å². The molecule has 1 heteroatoms. The smallest absolute Gasteiger partial charge is 0.0464 e. The van der Waals surface area contributed by atoms with E-state index >= 15 is 0 Å². The van der Waals surface area contributed by atoms with Crippen LogP contribution in [-0.4, -0.2) is 0 Å². The second kappa shape index (κ2) is 9.70. The van der Waals surface area contributed by atoms with Gasteiger partial charge in [-0.3, -0.25) is 0 Å². The van der Waals surface area contributed by atoms with Crippen molar-refractivity contribution in [1.29, 1.82) is 0 Å². The zero-order valence-electron chi connectivity index (χ0n) is 22.9. The van der Waals surface area contributed by atoms with E-state index in [0.29, 0.717) is 0 Å². The first-order valence-corrected chi connectivity index (χ1v) is 14.0. The summed E-state index contributed by atoms with van der Waals surface area (Å²) in [6, 6.07) is 52.4. The van der Waals surface area contributed by atoms with E-state index in [2.05, 4.69) is 165 Å². The van der Waals surface area contributed by atoms with E-state index in [-0.39, 0.29) is 5.41 Å². The number of hydrogen-bond acceptors (Lipinski definition) is 1. The maximum absolute atomic E-state index is 3.79. The van der Waals surface area contributed by atoms with Crippen molar-refractivity contribution in [2.45, 2.75) is 19.3 Å². The molecule has 0 amide bonds. The lowest BCUT2D eigenvalue weighted by atomic mass is 9.82. The van der Waals surface area contributed by atoms with Crippen LogP contribution in [0.2, 0.25) is 0 Å². The van der Waals surface area contributed by atoms with Crippen LogP contribution in [0.4, 0.5) is 11.4 Å². The Morgan fingerprint density at radius 3 is 1.62 bits per heavy atom. The molecule has 0 spiro atoms. The molecule has 0 fully saturated rings. The summed E-state index contributed by atoms with van der Waals surface area (Å²) in [5.41, 5.74) is 14.9. The molecule has 1 aliphatic carbocycles. The Morgan fingerprint density at radius 2 is 0.900 bits per heavy atom. The average molecular weight is 514 g/mol. The molecule has 40 heavy (non-hydrogen) atoms. The summed E-state index contributed by atoms with van der Waals surface area (Å²) in [4.78, 5) is 0. The van der Waals surface area contributed by atoms with Gasteiger partial charge in [0.2, 0.25) is 0 Å². The molecular formula is C39H31N. The number of benzene rings is 6. The monoisotopic (exact) mass is 513 g/mol. The summed E-state index contributed by atoms with van der Waals surface area (Å²) in [7, 11) is 0. The minimum Gasteiger partial charge on any atom is -0.355 e. The lowest BCUT2D eigenvalue weighted by Gasteiger charge is -2.22. The highest BCUT2D eigenvalue weighted by molar-refractivity contribution is 5.95. The van der Waals surface area contributed by atoms with Crippen LogP contribution in [0.25, 0.3) is 44.5 Å². The fourth-order valence-corrected chi connectivity index (χ4v) is 6.30. The van der Waals surface area contributed by atoms with Crippen LogP contribution in [-0.2, 0) is 5.41 Å². The minimum atomic E-state index is -0.0309. The van der Waals surface area contributed by atoms with Gasteiger partial charge in [0.15, 0.2) is 0 Å². The number of anilines is 2. The fraction of sp³-hybridized carbons (Fsp3) is 0.0769. The molecule has 0 unspecified atom stereocenters. The van der Waals surface area contributed by atoms with E-state index in [9.17, 15) is 0 Å². The Labute approximate surface area is 236 Å². The lowest BCUT2D eigenvalue weighted by Crippen LogP contribution is -2.15. The Balaban J connectivity index is 1.31. The normalized spacial score (nSPS) is 12.9. The second-order valence-electron chi connectivity index (χ2n) is 11.1.